The van der Waals surface area contributed by atoms with Crippen LogP contribution in [-0.2, 0) is 16.1 Å². The number of fused-ring (bicyclic) bond motifs is 1. The topological polar surface area (TPSA) is 71.3 Å². The van der Waals surface area contributed by atoms with Crippen LogP contribution in [-0.4, -0.2) is 51.3 Å². The fraction of sp³-hybridized carbons (Fsp3) is 0.364. The average molecular weight is 463 g/mol. The van der Waals surface area contributed by atoms with Gasteiger partial charge in [0.1, 0.15) is 5.75 Å². The summed E-state index contributed by atoms with van der Waals surface area (Å²) in [4.78, 5) is 18.7. The third-order valence-electron chi connectivity index (χ3n) is 4.57. The molecule has 0 saturated heterocycles. The Kier molecular flexibility index (Phi) is 8.39. The summed E-state index contributed by atoms with van der Waals surface area (Å²) < 4.78 is 24.2. The van der Waals surface area contributed by atoms with Gasteiger partial charge < -0.3 is 23.5 Å². The van der Waals surface area contributed by atoms with Crippen molar-refractivity contribution in [3.05, 3.63) is 41.2 Å². The highest BCUT2D eigenvalue weighted by molar-refractivity contribution is 7.99. The van der Waals surface area contributed by atoms with E-state index in [1.54, 1.807) is 40.2 Å². The minimum absolute atomic E-state index is 0.155. The fourth-order valence-electron chi connectivity index (χ4n) is 2.97. The number of carbonyl (C=O) groups excluding carboxylic acids is 1. The summed E-state index contributed by atoms with van der Waals surface area (Å²) in [6, 6.07) is 11.6. The zero-order valence-corrected chi connectivity index (χ0v) is 19.7. The van der Waals surface area contributed by atoms with Crippen LogP contribution in [0, 0.1) is 0 Å². The molecule has 0 radical (unpaired) electrons. The molecule has 1 heterocycles. The van der Waals surface area contributed by atoms with E-state index in [1.807, 2.05) is 41.0 Å². The Bertz CT molecular complexity index is 1090. The predicted octanol–water partition coefficient (Wildman–Crippen LogP) is 3.98. The van der Waals surface area contributed by atoms with Crippen molar-refractivity contribution in [3.8, 4) is 17.2 Å². The van der Waals surface area contributed by atoms with E-state index in [-0.39, 0.29) is 5.91 Å². The van der Waals surface area contributed by atoms with Crippen LogP contribution in [0.15, 0.2) is 46.3 Å². The summed E-state index contributed by atoms with van der Waals surface area (Å²) in [6.07, 6.45) is 0.349. The van der Waals surface area contributed by atoms with Gasteiger partial charge in [-0.05, 0) is 24.3 Å². The van der Waals surface area contributed by atoms with Gasteiger partial charge >= 0.3 is 0 Å². The molecule has 0 aliphatic heterocycles. The molecule has 3 aromatic rings. The Morgan fingerprint density at radius 3 is 2.39 bits per heavy atom. The number of rotatable bonds is 10. The molecule has 2 aromatic carbocycles. The van der Waals surface area contributed by atoms with Gasteiger partial charge in [0.05, 0.1) is 38.2 Å². The van der Waals surface area contributed by atoms with Crippen molar-refractivity contribution in [3.63, 3.8) is 0 Å². The van der Waals surface area contributed by atoms with Crippen molar-refractivity contribution in [2.45, 2.75) is 17.9 Å². The van der Waals surface area contributed by atoms with Crippen LogP contribution >= 0.6 is 23.1 Å². The summed E-state index contributed by atoms with van der Waals surface area (Å²) in [5.74, 6) is 2.59. The maximum atomic E-state index is 12.6. The number of nitrogens with zero attached hydrogens (tertiary/aromatic N) is 2. The molecule has 0 bridgehead atoms. The quantitative estimate of drug-likeness (QED) is 0.425. The summed E-state index contributed by atoms with van der Waals surface area (Å²) in [6.45, 7) is 1.09. The van der Waals surface area contributed by atoms with E-state index in [2.05, 4.69) is 4.99 Å². The number of ether oxygens (including phenoxy) is 4. The Morgan fingerprint density at radius 2 is 1.74 bits per heavy atom. The smallest absolute Gasteiger partial charge is 0.249 e. The zero-order valence-electron chi connectivity index (χ0n) is 18.0. The van der Waals surface area contributed by atoms with E-state index >= 15 is 0 Å². The summed E-state index contributed by atoms with van der Waals surface area (Å²) in [7, 11) is 6.49. The van der Waals surface area contributed by atoms with Crippen molar-refractivity contribution < 1.29 is 23.7 Å². The SMILES string of the molecule is COCCn1c(=NC(=O)CCSc2ccc(OC)cc2)sc2cc(OC)c(OC)cc21. The molecule has 0 saturated carbocycles. The molecular weight excluding hydrogens is 436 g/mol. The molecule has 9 heteroatoms. The van der Waals surface area contributed by atoms with Crippen LogP contribution in [0.25, 0.3) is 10.2 Å². The van der Waals surface area contributed by atoms with Gasteiger partial charge in [-0.2, -0.15) is 4.99 Å². The molecule has 31 heavy (non-hydrogen) atoms. The molecule has 166 valence electrons. The maximum Gasteiger partial charge on any atom is 0.249 e. The Morgan fingerprint density at radius 1 is 1.03 bits per heavy atom. The van der Waals surface area contributed by atoms with Crippen molar-refractivity contribution in [1.82, 2.24) is 4.57 Å². The second-order valence-electron chi connectivity index (χ2n) is 6.48. The van der Waals surface area contributed by atoms with E-state index in [0.717, 1.165) is 20.9 Å². The normalized spacial score (nSPS) is 11.7. The number of hydrogen-bond acceptors (Lipinski definition) is 7. The monoisotopic (exact) mass is 462 g/mol. The van der Waals surface area contributed by atoms with Crippen molar-refractivity contribution in [2.75, 3.05) is 40.8 Å². The van der Waals surface area contributed by atoms with Gasteiger partial charge in [0.15, 0.2) is 16.3 Å². The van der Waals surface area contributed by atoms with Crippen LogP contribution in [0.3, 0.4) is 0 Å². The molecule has 1 aromatic heterocycles. The highest BCUT2D eigenvalue weighted by atomic mass is 32.2. The lowest BCUT2D eigenvalue weighted by atomic mass is 10.3. The van der Waals surface area contributed by atoms with E-state index in [0.29, 0.717) is 41.6 Å². The maximum absolute atomic E-state index is 12.6. The molecule has 7 nitrogen and oxygen atoms in total. The number of thiazole rings is 1. The average Bonchev–Trinajstić information content (AvgIpc) is 3.12. The van der Waals surface area contributed by atoms with E-state index in [4.69, 9.17) is 18.9 Å². The summed E-state index contributed by atoms with van der Waals surface area (Å²) in [5, 5.41) is 0. The fourth-order valence-corrected chi connectivity index (χ4v) is 4.90. The Balaban J connectivity index is 1.80. The first-order valence-electron chi connectivity index (χ1n) is 9.68. The van der Waals surface area contributed by atoms with Gasteiger partial charge in [0.25, 0.3) is 0 Å². The molecule has 0 unspecified atom stereocenters. The molecule has 1 amide bonds. The first kappa shape index (κ1) is 23.2. The molecule has 0 fully saturated rings. The Labute approximate surface area is 189 Å². The molecule has 0 atom stereocenters. The second-order valence-corrected chi connectivity index (χ2v) is 8.66. The van der Waals surface area contributed by atoms with Gasteiger partial charge in [-0.15, -0.1) is 11.8 Å². The van der Waals surface area contributed by atoms with Crippen molar-refractivity contribution in [1.29, 1.82) is 0 Å². The summed E-state index contributed by atoms with van der Waals surface area (Å²) in [5.41, 5.74) is 0.929. The minimum Gasteiger partial charge on any atom is -0.497 e. The van der Waals surface area contributed by atoms with Crippen LogP contribution in [0.2, 0.25) is 0 Å². The van der Waals surface area contributed by atoms with Gasteiger partial charge in [-0.25, -0.2) is 0 Å². The highest BCUT2D eigenvalue weighted by Gasteiger charge is 2.13. The number of methoxy groups -OCH3 is 4. The van der Waals surface area contributed by atoms with E-state index < -0.39 is 0 Å². The summed E-state index contributed by atoms with van der Waals surface area (Å²) >= 11 is 3.07. The number of hydrogen-bond donors (Lipinski definition) is 0. The first-order chi connectivity index (χ1) is 15.1. The molecule has 3 rings (SSSR count). The van der Waals surface area contributed by atoms with Crippen molar-refractivity contribution >= 4 is 39.2 Å². The van der Waals surface area contributed by atoms with Crippen LogP contribution in [0.5, 0.6) is 17.2 Å². The van der Waals surface area contributed by atoms with Gasteiger partial charge in [-0.1, -0.05) is 11.3 Å². The first-order valence-corrected chi connectivity index (χ1v) is 11.5. The van der Waals surface area contributed by atoms with Crippen molar-refractivity contribution in [2.24, 2.45) is 4.99 Å². The second kappa shape index (κ2) is 11.2. The number of aromatic nitrogens is 1. The third-order valence-corrected chi connectivity index (χ3v) is 6.63. The number of thioether (sulfide) groups is 1. The highest BCUT2D eigenvalue weighted by Crippen LogP contribution is 2.33. The van der Waals surface area contributed by atoms with Crippen LogP contribution < -0.4 is 19.0 Å². The molecular formula is C22H26N2O5S2. The lowest BCUT2D eigenvalue weighted by molar-refractivity contribution is -0.117. The molecule has 0 aliphatic carbocycles. The number of benzene rings is 2. The zero-order chi connectivity index (χ0) is 22.2. The van der Waals surface area contributed by atoms with Gasteiger partial charge in [0, 0.05) is 42.9 Å². The lowest BCUT2D eigenvalue weighted by Crippen LogP contribution is -2.19. The largest absolute Gasteiger partial charge is 0.497 e. The predicted molar refractivity (Wildman–Crippen MR) is 124 cm³/mol. The van der Waals surface area contributed by atoms with Crippen LogP contribution in [0.4, 0.5) is 0 Å². The molecule has 0 N–H and O–H groups in total. The number of amides is 1. The molecule has 0 aliphatic rings. The van der Waals surface area contributed by atoms with E-state index in [9.17, 15) is 4.79 Å². The standard InChI is InChI=1S/C22H26N2O5S2/c1-26-11-10-24-17-13-18(28-3)19(29-4)14-20(17)31-22(24)23-21(25)9-12-30-16-7-5-15(27-2)6-8-16/h5-8,13-14H,9-12H2,1-4H3. The Hall–Kier alpha value is -2.49. The minimum atomic E-state index is -0.155. The number of carbonyl (C=O) groups is 1. The van der Waals surface area contributed by atoms with Gasteiger partial charge in [0.2, 0.25) is 5.91 Å². The van der Waals surface area contributed by atoms with Crippen LogP contribution in [0.1, 0.15) is 6.42 Å². The van der Waals surface area contributed by atoms with Gasteiger partial charge in [-0.3, -0.25) is 4.79 Å². The molecule has 0 spiro atoms. The third kappa shape index (κ3) is 5.81. The van der Waals surface area contributed by atoms with E-state index in [1.165, 1.54) is 11.3 Å². The lowest BCUT2D eigenvalue weighted by Gasteiger charge is -2.09.